The summed E-state index contributed by atoms with van der Waals surface area (Å²) in [5, 5.41) is 5.11. The van der Waals surface area contributed by atoms with Gasteiger partial charge in [-0.2, -0.15) is 0 Å². The minimum absolute atomic E-state index is 0.00279. The second-order valence-corrected chi connectivity index (χ2v) is 7.01. The van der Waals surface area contributed by atoms with E-state index in [1.165, 1.54) is 5.56 Å². The SMILES string of the molecule is Cc1ccc([C@@H](NC(=O)COc2cccc(C)c2)c2cccs2)cc1. The summed E-state index contributed by atoms with van der Waals surface area (Å²) in [4.78, 5) is 13.5. The molecule has 1 aromatic heterocycles. The standard InChI is InChI=1S/C21H21NO2S/c1-15-8-10-17(11-9-15)21(19-7-4-12-25-19)22-20(23)14-24-18-6-3-5-16(2)13-18/h3-13,21H,14H2,1-2H3,(H,22,23)/t21-/m1/s1. The molecule has 4 heteroatoms. The van der Waals surface area contributed by atoms with Crippen molar-refractivity contribution < 1.29 is 9.53 Å². The van der Waals surface area contributed by atoms with Gasteiger partial charge in [-0.25, -0.2) is 0 Å². The fourth-order valence-corrected chi connectivity index (χ4v) is 3.39. The Bertz CT molecular complexity index is 825. The number of ether oxygens (including phenoxy) is 1. The predicted octanol–water partition coefficient (Wildman–Crippen LogP) is 4.65. The van der Waals surface area contributed by atoms with Gasteiger partial charge < -0.3 is 10.1 Å². The molecule has 0 radical (unpaired) electrons. The van der Waals surface area contributed by atoms with Gasteiger partial charge in [-0.1, -0.05) is 48.0 Å². The van der Waals surface area contributed by atoms with Crippen molar-refractivity contribution in [1.29, 1.82) is 0 Å². The minimum Gasteiger partial charge on any atom is -0.484 e. The van der Waals surface area contributed by atoms with E-state index in [1.54, 1.807) is 11.3 Å². The Morgan fingerprint density at radius 2 is 1.84 bits per heavy atom. The number of carbonyl (C=O) groups excluding carboxylic acids is 1. The van der Waals surface area contributed by atoms with E-state index in [9.17, 15) is 4.79 Å². The van der Waals surface area contributed by atoms with Crippen molar-refractivity contribution in [2.45, 2.75) is 19.9 Å². The van der Waals surface area contributed by atoms with Crippen molar-refractivity contribution in [1.82, 2.24) is 5.32 Å². The molecule has 3 aromatic rings. The summed E-state index contributed by atoms with van der Waals surface area (Å²) in [6, 6.07) is 19.8. The second-order valence-electron chi connectivity index (χ2n) is 6.03. The van der Waals surface area contributed by atoms with Crippen LogP contribution in [0.3, 0.4) is 0 Å². The van der Waals surface area contributed by atoms with Gasteiger partial charge >= 0.3 is 0 Å². The largest absolute Gasteiger partial charge is 0.484 e. The lowest BCUT2D eigenvalue weighted by Crippen LogP contribution is -2.32. The number of rotatable bonds is 6. The molecule has 128 valence electrons. The topological polar surface area (TPSA) is 38.3 Å². The third-order valence-corrected chi connectivity index (χ3v) is 4.84. The lowest BCUT2D eigenvalue weighted by atomic mass is 10.0. The zero-order valence-electron chi connectivity index (χ0n) is 14.4. The Kier molecular flexibility index (Phi) is 5.51. The van der Waals surface area contributed by atoms with Gasteiger partial charge in [0.1, 0.15) is 5.75 Å². The van der Waals surface area contributed by atoms with E-state index in [2.05, 4.69) is 36.5 Å². The van der Waals surface area contributed by atoms with E-state index < -0.39 is 0 Å². The number of amides is 1. The molecule has 2 aromatic carbocycles. The van der Waals surface area contributed by atoms with Crippen LogP contribution in [0.5, 0.6) is 5.75 Å². The molecular weight excluding hydrogens is 330 g/mol. The van der Waals surface area contributed by atoms with Crippen LogP contribution < -0.4 is 10.1 Å². The molecule has 0 fully saturated rings. The molecule has 3 rings (SSSR count). The first-order valence-electron chi connectivity index (χ1n) is 8.20. The number of hydrogen-bond acceptors (Lipinski definition) is 3. The van der Waals surface area contributed by atoms with E-state index in [0.717, 1.165) is 16.0 Å². The van der Waals surface area contributed by atoms with Crippen LogP contribution in [-0.4, -0.2) is 12.5 Å². The third kappa shape index (κ3) is 4.70. The number of hydrogen-bond donors (Lipinski definition) is 1. The molecular formula is C21H21NO2S. The molecule has 0 bridgehead atoms. The van der Waals surface area contributed by atoms with Crippen LogP contribution in [0.4, 0.5) is 0 Å². The fraction of sp³-hybridized carbons (Fsp3) is 0.190. The monoisotopic (exact) mass is 351 g/mol. The summed E-state index contributed by atoms with van der Waals surface area (Å²) in [5.41, 5.74) is 3.37. The Hall–Kier alpha value is -2.59. The van der Waals surface area contributed by atoms with Gasteiger partial charge in [0.15, 0.2) is 6.61 Å². The lowest BCUT2D eigenvalue weighted by molar-refractivity contribution is -0.123. The maximum Gasteiger partial charge on any atom is 0.258 e. The zero-order valence-corrected chi connectivity index (χ0v) is 15.2. The van der Waals surface area contributed by atoms with Crippen molar-refractivity contribution >= 4 is 17.2 Å². The summed E-state index contributed by atoms with van der Waals surface area (Å²) in [6.07, 6.45) is 0. The molecule has 0 aliphatic heterocycles. The minimum atomic E-state index is -0.158. The number of carbonyl (C=O) groups is 1. The van der Waals surface area contributed by atoms with Crippen LogP contribution in [0.25, 0.3) is 0 Å². The molecule has 0 aliphatic rings. The highest BCUT2D eigenvalue weighted by molar-refractivity contribution is 7.10. The maximum absolute atomic E-state index is 12.4. The van der Waals surface area contributed by atoms with Crippen molar-refractivity contribution in [2.24, 2.45) is 0 Å². The van der Waals surface area contributed by atoms with Crippen LogP contribution >= 0.6 is 11.3 Å². The van der Waals surface area contributed by atoms with Gasteiger partial charge in [-0.3, -0.25) is 4.79 Å². The van der Waals surface area contributed by atoms with Crippen LogP contribution in [0.1, 0.15) is 27.6 Å². The van der Waals surface area contributed by atoms with Gasteiger partial charge in [0, 0.05) is 4.88 Å². The zero-order chi connectivity index (χ0) is 17.6. The highest BCUT2D eigenvalue weighted by Crippen LogP contribution is 2.26. The summed E-state index contributed by atoms with van der Waals surface area (Å²) in [6.45, 7) is 4.05. The molecule has 0 spiro atoms. The van der Waals surface area contributed by atoms with Crippen LogP contribution in [0.2, 0.25) is 0 Å². The molecule has 1 amide bonds. The van der Waals surface area contributed by atoms with Crippen LogP contribution in [-0.2, 0) is 4.79 Å². The third-order valence-electron chi connectivity index (χ3n) is 3.90. The summed E-state index contributed by atoms with van der Waals surface area (Å²) >= 11 is 1.63. The first-order chi connectivity index (χ1) is 12.1. The molecule has 25 heavy (non-hydrogen) atoms. The predicted molar refractivity (Wildman–Crippen MR) is 102 cm³/mol. The molecule has 1 heterocycles. The molecule has 1 N–H and O–H groups in total. The van der Waals surface area contributed by atoms with E-state index in [4.69, 9.17) is 4.74 Å². The number of aryl methyl sites for hydroxylation is 2. The van der Waals surface area contributed by atoms with Gasteiger partial charge in [0.2, 0.25) is 0 Å². The molecule has 0 saturated carbocycles. The number of nitrogens with one attached hydrogen (secondary N) is 1. The summed E-state index contributed by atoms with van der Waals surface area (Å²) in [7, 11) is 0. The molecule has 0 aliphatic carbocycles. The van der Waals surface area contributed by atoms with Crippen molar-refractivity contribution in [3.63, 3.8) is 0 Å². The Labute approximate surface area is 152 Å². The summed E-state index contributed by atoms with van der Waals surface area (Å²) < 4.78 is 5.61. The van der Waals surface area contributed by atoms with Crippen molar-refractivity contribution in [3.05, 3.63) is 87.6 Å². The van der Waals surface area contributed by atoms with Gasteiger partial charge in [-0.05, 0) is 48.6 Å². The highest BCUT2D eigenvalue weighted by atomic mass is 32.1. The van der Waals surface area contributed by atoms with E-state index >= 15 is 0 Å². The number of thiophene rings is 1. The molecule has 0 unspecified atom stereocenters. The molecule has 3 nitrogen and oxygen atoms in total. The Morgan fingerprint density at radius 1 is 1.04 bits per heavy atom. The first kappa shape index (κ1) is 17.2. The van der Waals surface area contributed by atoms with Gasteiger partial charge in [-0.15, -0.1) is 11.3 Å². The fourth-order valence-electron chi connectivity index (χ4n) is 2.59. The van der Waals surface area contributed by atoms with Gasteiger partial charge in [0.25, 0.3) is 5.91 Å². The van der Waals surface area contributed by atoms with Crippen molar-refractivity contribution in [2.75, 3.05) is 6.61 Å². The second kappa shape index (κ2) is 7.99. The molecule has 1 atom stereocenters. The lowest BCUT2D eigenvalue weighted by Gasteiger charge is -2.18. The van der Waals surface area contributed by atoms with Crippen LogP contribution in [0.15, 0.2) is 66.0 Å². The van der Waals surface area contributed by atoms with Gasteiger partial charge in [0.05, 0.1) is 6.04 Å². The summed E-state index contributed by atoms with van der Waals surface area (Å²) in [5.74, 6) is 0.568. The first-order valence-corrected chi connectivity index (χ1v) is 9.08. The Balaban J connectivity index is 1.69. The highest BCUT2D eigenvalue weighted by Gasteiger charge is 2.18. The smallest absolute Gasteiger partial charge is 0.258 e. The molecule has 0 saturated heterocycles. The Morgan fingerprint density at radius 3 is 2.52 bits per heavy atom. The maximum atomic E-state index is 12.4. The van der Waals surface area contributed by atoms with Crippen LogP contribution in [0, 0.1) is 13.8 Å². The van der Waals surface area contributed by atoms with E-state index in [0.29, 0.717) is 5.75 Å². The van der Waals surface area contributed by atoms with E-state index in [-0.39, 0.29) is 18.6 Å². The average molecular weight is 351 g/mol. The van der Waals surface area contributed by atoms with E-state index in [1.807, 2.05) is 48.7 Å². The number of benzene rings is 2. The average Bonchev–Trinajstić information content (AvgIpc) is 3.13. The van der Waals surface area contributed by atoms with Crippen molar-refractivity contribution in [3.8, 4) is 5.75 Å². The quantitative estimate of drug-likeness (QED) is 0.702. The normalized spacial score (nSPS) is 11.8.